The van der Waals surface area contributed by atoms with Crippen molar-refractivity contribution in [3.05, 3.63) is 71.4 Å². The minimum Gasteiger partial charge on any atom is -0.369 e. The highest BCUT2D eigenvalue weighted by Crippen LogP contribution is 2.34. The normalized spacial score (nSPS) is 22.2. The molecular weight excluding hydrogens is 418 g/mol. The minimum absolute atomic E-state index is 0.325. The van der Waals surface area contributed by atoms with Crippen LogP contribution in [-0.2, 0) is 0 Å². The van der Waals surface area contributed by atoms with Crippen LogP contribution in [0, 0.1) is 11.6 Å². The number of piperazine rings is 1. The van der Waals surface area contributed by atoms with Crippen molar-refractivity contribution in [2.45, 2.75) is 31.3 Å². The number of hydrogen-bond donors (Lipinski definition) is 0. The molecule has 162 valence electrons. The summed E-state index contributed by atoms with van der Waals surface area (Å²) in [5.74, 6) is -1.16. The van der Waals surface area contributed by atoms with Crippen LogP contribution >= 0.6 is 11.6 Å². The van der Waals surface area contributed by atoms with Gasteiger partial charge in [0.05, 0.1) is 11.7 Å². The molecule has 4 nitrogen and oxygen atoms in total. The molecule has 1 aliphatic heterocycles. The third kappa shape index (κ3) is 4.46. The molecule has 7 heteroatoms. The summed E-state index contributed by atoms with van der Waals surface area (Å²) in [6, 6.07) is 14.3. The second-order valence-corrected chi connectivity index (χ2v) is 8.90. The highest BCUT2D eigenvalue weighted by atomic mass is 35.5. The summed E-state index contributed by atoms with van der Waals surface area (Å²) in [7, 11) is 0. The predicted octanol–water partition coefficient (Wildman–Crippen LogP) is 5.40. The average Bonchev–Trinajstić information content (AvgIpc) is 3.44. The molecule has 2 heterocycles. The van der Waals surface area contributed by atoms with Gasteiger partial charge < -0.3 is 4.90 Å². The van der Waals surface area contributed by atoms with Crippen molar-refractivity contribution in [2.24, 2.45) is 0 Å². The fraction of sp³-hybridized carbons (Fsp3) is 0.375. The van der Waals surface area contributed by atoms with Gasteiger partial charge in [0, 0.05) is 60.8 Å². The van der Waals surface area contributed by atoms with Gasteiger partial charge in [-0.2, -0.15) is 5.10 Å². The maximum Gasteiger partial charge on any atom is 0.126 e. The van der Waals surface area contributed by atoms with Crippen LogP contribution < -0.4 is 4.90 Å². The molecule has 1 aliphatic carbocycles. The molecule has 2 atom stereocenters. The summed E-state index contributed by atoms with van der Waals surface area (Å²) in [5.41, 5.74) is 2.31. The van der Waals surface area contributed by atoms with Crippen LogP contribution in [0.4, 0.5) is 14.5 Å². The van der Waals surface area contributed by atoms with E-state index < -0.39 is 11.6 Å². The van der Waals surface area contributed by atoms with E-state index in [2.05, 4.69) is 27.0 Å². The van der Waals surface area contributed by atoms with Gasteiger partial charge in [0.1, 0.15) is 11.6 Å². The topological polar surface area (TPSA) is 24.3 Å². The molecular formula is C24H25ClF2N4. The lowest BCUT2D eigenvalue weighted by Crippen LogP contribution is -2.49. The molecule has 1 aromatic heterocycles. The highest BCUT2D eigenvalue weighted by molar-refractivity contribution is 6.30. The van der Waals surface area contributed by atoms with E-state index in [1.54, 1.807) is 0 Å². The van der Waals surface area contributed by atoms with Crippen molar-refractivity contribution >= 4 is 17.3 Å². The van der Waals surface area contributed by atoms with E-state index in [0.717, 1.165) is 56.5 Å². The Morgan fingerprint density at radius 2 is 1.52 bits per heavy atom. The molecule has 2 fully saturated rings. The smallest absolute Gasteiger partial charge is 0.126 e. The summed E-state index contributed by atoms with van der Waals surface area (Å²) in [4.78, 5) is 5.01. The third-order valence-corrected chi connectivity index (χ3v) is 6.79. The molecule has 1 saturated heterocycles. The van der Waals surface area contributed by atoms with Gasteiger partial charge in [0.2, 0.25) is 0 Å². The van der Waals surface area contributed by atoms with Crippen molar-refractivity contribution in [1.29, 1.82) is 0 Å². The number of anilines is 1. The summed E-state index contributed by atoms with van der Waals surface area (Å²) in [6.07, 6.45) is 5.21. The molecule has 5 rings (SSSR count). The Balaban J connectivity index is 1.19. The van der Waals surface area contributed by atoms with Gasteiger partial charge in [-0.25, -0.2) is 8.78 Å². The summed E-state index contributed by atoms with van der Waals surface area (Å²) >= 11 is 6.01. The number of rotatable bonds is 4. The fourth-order valence-electron chi connectivity index (χ4n) is 4.90. The van der Waals surface area contributed by atoms with E-state index in [-0.39, 0.29) is 0 Å². The highest BCUT2D eigenvalue weighted by Gasteiger charge is 2.32. The molecule has 3 aromatic rings. The first kappa shape index (κ1) is 20.5. The maximum atomic E-state index is 13.5. The van der Waals surface area contributed by atoms with Crippen LogP contribution in [-0.4, -0.2) is 46.9 Å². The van der Waals surface area contributed by atoms with Crippen LogP contribution in [0.15, 0.2) is 54.7 Å². The van der Waals surface area contributed by atoms with E-state index in [1.807, 2.05) is 29.1 Å². The van der Waals surface area contributed by atoms with E-state index in [4.69, 9.17) is 11.6 Å². The Hall–Kier alpha value is -2.44. The van der Waals surface area contributed by atoms with Gasteiger partial charge in [-0.15, -0.1) is 0 Å². The number of hydrogen-bond acceptors (Lipinski definition) is 3. The number of benzene rings is 2. The molecule has 0 bridgehead atoms. The van der Waals surface area contributed by atoms with E-state index in [1.165, 1.54) is 17.8 Å². The SMILES string of the molecule is Fc1cc(F)cc(-c2ccn([C@@H]3CC[C@H](N4CCN(c5ccc(Cl)cc5)CC4)C3)n2)c1. The van der Waals surface area contributed by atoms with Crippen LogP contribution in [0.2, 0.25) is 5.02 Å². The first-order valence-corrected chi connectivity index (χ1v) is 11.2. The van der Waals surface area contributed by atoms with E-state index >= 15 is 0 Å². The zero-order chi connectivity index (χ0) is 21.4. The molecule has 0 radical (unpaired) electrons. The number of halogens is 3. The molecule has 0 spiro atoms. The molecule has 0 amide bonds. The van der Waals surface area contributed by atoms with Gasteiger partial charge in [0.25, 0.3) is 0 Å². The standard InChI is InChI=1S/C24H25ClF2N4/c25-18-1-3-21(4-2-18)29-9-11-30(12-10-29)22-5-6-23(16-22)31-8-7-24(28-31)17-13-19(26)15-20(27)14-17/h1-4,7-8,13-15,22-23H,5-6,9-12,16H2/t22-,23+/m0/s1. The van der Waals surface area contributed by atoms with E-state index in [9.17, 15) is 8.78 Å². The van der Waals surface area contributed by atoms with Crippen molar-refractivity contribution in [1.82, 2.24) is 14.7 Å². The Labute approximate surface area is 186 Å². The summed E-state index contributed by atoms with van der Waals surface area (Å²) in [5, 5.41) is 5.40. The molecule has 2 aliphatic rings. The van der Waals surface area contributed by atoms with Crippen LogP contribution in [0.3, 0.4) is 0 Å². The van der Waals surface area contributed by atoms with Crippen molar-refractivity contribution in [3.63, 3.8) is 0 Å². The molecule has 0 unspecified atom stereocenters. The quantitative estimate of drug-likeness (QED) is 0.541. The lowest BCUT2D eigenvalue weighted by Gasteiger charge is -2.39. The third-order valence-electron chi connectivity index (χ3n) is 6.54. The Kier molecular flexibility index (Phi) is 5.67. The Morgan fingerprint density at radius 1 is 0.839 bits per heavy atom. The zero-order valence-electron chi connectivity index (χ0n) is 17.2. The van der Waals surface area contributed by atoms with Gasteiger partial charge >= 0.3 is 0 Å². The largest absolute Gasteiger partial charge is 0.369 e. The zero-order valence-corrected chi connectivity index (χ0v) is 18.0. The lowest BCUT2D eigenvalue weighted by molar-refractivity contribution is 0.183. The van der Waals surface area contributed by atoms with Crippen LogP contribution in [0.1, 0.15) is 25.3 Å². The first-order valence-electron chi connectivity index (χ1n) is 10.8. The van der Waals surface area contributed by atoms with Crippen molar-refractivity contribution in [3.8, 4) is 11.3 Å². The maximum absolute atomic E-state index is 13.5. The molecule has 0 N–H and O–H groups in total. The van der Waals surface area contributed by atoms with E-state index in [0.29, 0.717) is 23.3 Å². The van der Waals surface area contributed by atoms with Gasteiger partial charge in [-0.3, -0.25) is 9.58 Å². The van der Waals surface area contributed by atoms with Crippen molar-refractivity contribution < 1.29 is 8.78 Å². The average molecular weight is 443 g/mol. The van der Waals surface area contributed by atoms with Crippen LogP contribution in [0.25, 0.3) is 11.3 Å². The summed E-state index contributed by atoms with van der Waals surface area (Å²) in [6.45, 7) is 4.12. The number of nitrogens with zero attached hydrogens (tertiary/aromatic N) is 4. The second kappa shape index (κ2) is 8.60. The summed E-state index contributed by atoms with van der Waals surface area (Å²) < 4.78 is 29.1. The second-order valence-electron chi connectivity index (χ2n) is 8.46. The van der Waals surface area contributed by atoms with Gasteiger partial charge in [0.15, 0.2) is 0 Å². The Morgan fingerprint density at radius 3 is 2.23 bits per heavy atom. The molecule has 2 aromatic carbocycles. The lowest BCUT2D eigenvalue weighted by atomic mass is 10.1. The van der Waals surface area contributed by atoms with Gasteiger partial charge in [-0.1, -0.05) is 11.6 Å². The molecule has 1 saturated carbocycles. The monoisotopic (exact) mass is 442 g/mol. The van der Waals surface area contributed by atoms with Crippen LogP contribution in [0.5, 0.6) is 0 Å². The van der Waals surface area contributed by atoms with Gasteiger partial charge in [-0.05, 0) is 61.7 Å². The fourth-order valence-corrected chi connectivity index (χ4v) is 5.03. The minimum atomic E-state index is -0.580. The predicted molar refractivity (Wildman–Crippen MR) is 119 cm³/mol. The van der Waals surface area contributed by atoms with Crippen molar-refractivity contribution in [2.75, 3.05) is 31.1 Å². The Bertz CT molecular complexity index is 1020. The first-order chi connectivity index (χ1) is 15.0. The molecule has 31 heavy (non-hydrogen) atoms. The number of aromatic nitrogens is 2.